The van der Waals surface area contributed by atoms with Gasteiger partial charge in [-0.15, -0.1) is 12.4 Å². The van der Waals surface area contributed by atoms with Crippen LogP contribution in [-0.2, 0) is 11.3 Å². The van der Waals surface area contributed by atoms with Crippen LogP contribution in [0, 0.1) is 5.92 Å². The number of likely N-dealkylation sites (N-methyl/N-ethyl adjacent to an activating group) is 1. The predicted octanol–water partition coefficient (Wildman–Crippen LogP) is 1.41. The smallest absolute Gasteiger partial charge is 0.251 e. The Bertz CT molecular complexity index is 474. The summed E-state index contributed by atoms with van der Waals surface area (Å²) >= 11 is 0. The number of benzene rings is 1. The summed E-state index contributed by atoms with van der Waals surface area (Å²) in [5.74, 6) is -0.0845. The molecule has 0 spiro atoms. The summed E-state index contributed by atoms with van der Waals surface area (Å²) in [6.45, 7) is 4.33. The van der Waals surface area contributed by atoms with E-state index in [2.05, 4.69) is 5.32 Å². The van der Waals surface area contributed by atoms with Gasteiger partial charge in [-0.3, -0.25) is 9.59 Å². The lowest BCUT2D eigenvalue weighted by molar-refractivity contribution is -0.132. The first-order valence-corrected chi connectivity index (χ1v) is 6.68. The molecule has 3 N–H and O–H groups in total. The Morgan fingerprint density at radius 1 is 1.24 bits per heavy atom. The molecule has 0 aliphatic heterocycles. The fraction of sp³-hybridized carbons (Fsp3) is 0.467. The summed E-state index contributed by atoms with van der Waals surface area (Å²) in [5.41, 5.74) is 7.42. The number of nitrogens with two attached hydrogens (primary N) is 1. The van der Waals surface area contributed by atoms with E-state index in [0.717, 1.165) is 5.56 Å². The number of amides is 2. The number of hydrogen-bond donors (Lipinski definition) is 2. The Hall–Kier alpha value is -1.59. The number of nitrogens with zero attached hydrogens (tertiary/aromatic N) is 1. The molecule has 0 saturated carbocycles. The first-order chi connectivity index (χ1) is 9.36. The van der Waals surface area contributed by atoms with Gasteiger partial charge in [-0.1, -0.05) is 26.0 Å². The highest BCUT2D eigenvalue weighted by Gasteiger charge is 2.20. The Balaban J connectivity index is 0.00000400. The average Bonchev–Trinajstić information content (AvgIpc) is 2.45. The van der Waals surface area contributed by atoms with Gasteiger partial charge < -0.3 is 16.0 Å². The molecular formula is C15H24ClN3O2. The van der Waals surface area contributed by atoms with Crippen LogP contribution in [0.25, 0.3) is 0 Å². The summed E-state index contributed by atoms with van der Waals surface area (Å²) < 4.78 is 0. The molecule has 1 atom stereocenters. The van der Waals surface area contributed by atoms with Crippen LogP contribution in [0.1, 0.15) is 29.8 Å². The SMILES string of the molecule is CNC(=O)c1ccc(CN(C)C(=O)[C@@H](N)C(C)C)cc1.Cl. The van der Waals surface area contributed by atoms with Crippen molar-refractivity contribution in [2.45, 2.75) is 26.4 Å². The van der Waals surface area contributed by atoms with Gasteiger partial charge in [0, 0.05) is 26.2 Å². The highest BCUT2D eigenvalue weighted by molar-refractivity contribution is 5.93. The van der Waals surface area contributed by atoms with E-state index < -0.39 is 6.04 Å². The van der Waals surface area contributed by atoms with Gasteiger partial charge in [0.15, 0.2) is 0 Å². The van der Waals surface area contributed by atoms with E-state index in [4.69, 9.17) is 5.73 Å². The first-order valence-electron chi connectivity index (χ1n) is 6.68. The third-order valence-electron chi connectivity index (χ3n) is 3.24. The van der Waals surface area contributed by atoms with Crippen molar-refractivity contribution < 1.29 is 9.59 Å². The molecule has 21 heavy (non-hydrogen) atoms. The number of carbonyl (C=O) groups excluding carboxylic acids is 2. The van der Waals surface area contributed by atoms with E-state index in [9.17, 15) is 9.59 Å². The summed E-state index contributed by atoms with van der Waals surface area (Å²) in [6, 6.07) is 6.69. The fourth-order valence-electron chi connectivity index (χ4n) is 1.80. The minimum absolute atomic E-state index is 0. The predicted molar refractivity (Wildman–Crippen MR) is 86.4 cm³/mol. The lowest BCUT2D eigenvalue weighted by Gasteiger charge is -2.23. The van der Waals surface area contributed by atoms with Crippen molar-refractivity contribution in [3.8, 4) is 0 Å². The standard InChI is InChI=1S/C15H23N3O2.ClH/c1-10(2)13(16)15(20)18(4)9-11-5-7-12(8-6-11)14(19)17-3;/h5-8,10,13H,9,16H2,1-4H3,(H,17,19);1H/t13-;/m0./s1. The molecular weight excluding hydrogens is 290 g/mol. The topological polar surface area (TPSA) is 75.4 Å². The Kier molecular flexibility index (Phi) is 7.99. The highest BCUT2D eigenvalue weighted by atomic mass is 35.5. The molecule has 2 amide bonds. The van der Waals surface area contributed by atoms with Gasteiger partial charge in [0.1, 0.15) is 0 Å². The van der Waals surface area contributed by atoms with Gasteiger partial charge in [0.25, 0.3) is 5.91 Å². The van der Waals surface area contributed by atoms with Crippen molar-refractivity contribution in [1.29, 1.82) is 0 Å². The van der Waals surface area contributed by atoms with Crippen LogP contribution in [0.2, 0.25) is 0 Å². The summed E-state index contributed by atoms with van der Waals surface area (Å²) in [5, 5.41) is 2.57. The van der Waals surface area contributed by atoms with Crippen LogP contribution in [0.15, 0.2) is 24.3 Å². The van der Waals surface area contributed by atoms with Gasteiger partial charge in [0.2, 0.25) is 5.91 Å². The molecule has 0 saturated heterocycles. The molecule has 0 unspecified atom stereocenters. The summed E-state index contributed by atoms with van der Waals surface area (Å²) in [6.07, 6.45) is 0. The molecule has 118 valence electrons. The van der Waals surface area contributed by atoms with Crippen molar-refractivity contribution >= 4 is 24.2 Å². The van der Waals surface area contributed by atoms with Crippen molar-refractivity contribution in [2.75, 3.05) is 14.1 Å². The van der Waals surface area contributed by atoms with E-state index in [1.165, 1.54) is 0 Å². The van der Waals surface area contributed by atoms with Gasteiger partial charge in [-0.2, -0.15) is 0 Å². The van der Waals surface area contributed by atoms with E-state index >= 15 is 0 Å². The van der Waals surface area contributed by atoms with Crippen LogP contribution in [0.5, 0.6) is 0 Å². The lowest BCUT2D eigenvalue weighted by atomic mass is 10.0. The first kappa shape index (κ1) is 19.4. The zero-order chi connectivity index (χ0) is 15.3. The molecule has 0 aromatic heterocycles. The molecule has 0 fully saturated rings. The molecule has 1 aromatic rings. The Morgan fingerprint density at radius 3 is 2.19 bits per heavy atom. The average molecular weight is 314 g/mol. The minimum Gasteiger partial charge on any atom is -0.355 e. The molecule has 0 bridgehead atoms. The van der Waals surface area contributed by atoms with Crippen LogP contribution in [-0.4, -0.2) is 36.9 Å². The van der Waals surface area contributed by atoms with Crippen LogP contribution < -0.4 is 11.1 Å². The molecule has 0 aliphatic carbocycles. The number of halogens is 1. The van der Waals surface area contributed by atoms with Crippen molar-refractivity contribution in [3.63, 3.8) is 0 Å². The number of carbonyl (C=O) groups is 2. The molecule has 5 nitrogen and oxygen atoms in total. The zero-order valence-electron chi connectivity index (χ0n) is 12.9. The second kappa shape index (κ2) is 8.64. The monoisotopic (exact) mass is 313 g/mol. The Labute approximate surface area is 132 Å². The van der Waals surface area contributed by atoms with Gasteiger partial charge in [-0.05, 0) is 23.6 Å². The largest absolute Gasteiger partial charge is 0.355 e. The van der Waals surface area contributed by atoms with Gasteiger partial charge in [-0.25, -0.2) is 0 Å². The second-order valence-electron chi connectivity index (χ2n) is 5.24. The quantitative estimate of drug-likeness (QED) is 0.863. The van der Waals surface area contributed by atoms with Crippen LogP contribution >= 0.6 is 12.4 Å². The molecule has 1 rings (SSSR count). The maximum atomic E-state index is 12.0. The molecule has 0 radical (unpaired) electrons. The van der Waals surface area contributed by atoms with Crippen molar-refractivity contribution in [2.24, 2.45) is 11.7 Å². The maximum Gasteiger partial charge on any atom is 0.251 e. The molecule has 6 heteroatoms. The minimum atomic E-state index is -0.481. The molecule has 0 aliphatic rings. The third-order valence-corrected chi connectivity index (χ3v) is 3.24. The number of rotatable bonds is 5. The maximum absolute atomic E-state index is 12.0. The highest BCUT2D eigenvalue weighted by Crippen LogP contribution is 2.09. The molecule has 1 aromatic carbocycles. The summed E-state index contributed by atoms with van der Waals surface area (Å²) in [4.78, 5) is 25.1. The van der Waals surface area contributed by atoms with Crippen LogP contribution in [0.4, 0.5) is 0 Å². The Morgan fingerprint density at radius 2 is 1.76 bits per heavy atom. The van der Waals surface area contributed by atoms with Gasteiger partial charge in [0.05, 0.1) is 6.04 Å². The van der Waals surface area contributed by atoms with E-state index in [1.54, 1.807) is 31.1 Å². The third kappa shape index (κ3) is 5.36. The van der Waals surface area contributed by atoms with Crippen LogP contribution in [0.3, 0.4) is 0 Å². The lowest BCUT2D eigenvalue weighted by Crippen LogP contribution is -2.44. The molecule has 0 heterocycles. The normalized spacial score (nSPS) is 11.5. The summed E-state index contributed by atoms with van der Waals surface area (Å²) in [7, 11) is 3.33. The van der Waals surface area contributed by atoms with Crippen molar-refractivity contribution in [1.82, 2.24) is 10.2 Å². The van der Waals surface area contributed by atoms with E-state index in [-0.39, 0.29) is 30.1 Å². The zero-order valence-corrected chi connectivity index (χ0v) is 13.7. The van der Waals surface area contributed by atoms with Gasteiger partial charge >= 0.3 is 0 Å². The fourth-order valence-corrected chi connectivity index (χ4v) is 1.80. The van der Waals surface area contributed by atoms with E-state index in [0.29, 0.717) is 12.1 Å². The second-order valence-corrected chi connectivity index (χ2v) is 5.24. The number of hydrogen-bond acceptors (Lipinski definition) is 3. The number of nitrogens with one attached hydrogen (secondary N) is 1. The van der Waals surface area contributed by atoms with Crippen molar-refractivity contribution in [3.05, 3.63) is 35.4 Å². The van der Waals surface area contributed by atoms with E-state index in [1.807, 2.05) is 26.0 Å².